The Morgan fingerprint density at radius 3 is 2.47 bits per heavy atom. The third kappa shape index (κ3) is 6.18. The van der Waals surface area contributed by atoms with E-state index < -0.39 is 22.0 Å². The fourth-order valence-electron chi connectivity index (χ4n) is 3.81. The third-order valence-corrected chi connectivity index (χ3v) is 7.28. The SMILES string of the molecule is COc1cc(NC(=O)[C@@H](CCc2ccccc2)NS(=O)(=O)c2ccc(C)cc2)ccc1-c1cn[nH]c1. The van der Waals surface area contributed by atoms with Crippen molar-refractivity contribution in [2.75, 3.05) is 12.4 Å². The molecule has 0 radical (unpaired) electrons. The molecule has 0 saturated carbocycles. The van der Waals surface area contributed by atoms with Crippen LogP contribution in [-0.4, -0.2) is 37.7 Å². The second-order valence-electron chi connectivity index (χ2n) is 8.40. The van der Waals surface area contributed by atoms with Crippen LogP contribution >= 0.6 is 0 Å². The highest BCUT2D eigenvalue weighted by Crippen LogP contribution is 2.32. The maximum atomic E-state index is 13.3. The number of methoxy groups -OCH3 is 1. The molecule has 36 heavy (non-hydrogen) atoms. The lowest BCUT2D eigenvalue weighted by molar-refractivity contribution is -0.117. The fourth-order valence-corrected chi connectivity index (χ4v) is 5.04. The molecule has 186 valence electrons. The Labute approximate surface area is 210 Å². The first-order valence-corrected chi connectivity index (χ1v) is 12.9. The van der Waals surface area contributed by atoms with E-state index in [2.05, 4.69) is 20.2 Å². The number of sulfonamides is 1. The monoisotopic (exact) mass is 504 g/mol. The molecule has 3 aromatic carbocycles. The molecule has 0 spiro atoms. The number of anilines is 1. The van der Waals surface area contributed by atoms with E-state index in [1.54, 1.807) is 43.8 Å². The second kappa shape index (κ2) is 11.2. The van der Waals surface area contributed by atoms with Crippen molar-refractivity contribution in [1.29, 1.82) is 0 Å². The number of rotatable bonds is 10. The summed E-state index contributed by atoms with van der Waals surface area (Å²) >= 11 is 0. The molecule has 4 rings (SSSR count). The van der Waals surface area contributed by atoms with Crippen LogP contribution in [0.3, 0.4) is 0 Å². The lowest BCUT2D eigenvalue weighted by Gasteiger charge is -2.19. The average molecular weight is 505 g/mol. The van der Waals surface area contributed by atoms with Crippen LogP contribution in [0, 0.1) is 6.92 Å². The van der Waals surface area contributed by atoms with E-state index in [1.807, 2.05) is 43.3 Å². The predicted octanol–water partition coefficient (Wildman–Crippen LogP) is 4.31. The first-order valence-electron chi connectivity index (χ1n) is 11.5. The molecule has 3 N–H and O–H groups in total. The predicted molar refractivity (Wildman–Crippen MR) is 139 cm³/mol. The van der Waals surface area contributed by atoms with Gasteiger partial charge in [-0.25, -0.2) is 8.42 Å². The highest BCUT2D eigenvalue weighted by molar-refractivity contribution is 7.89. The Bertz CT molecular complexity index is 1400. The molecule has 0 aliphatic rings. The van der Waals surface area contributed by atoms with Gasteiger partial charge in [0.15, 0.2) is 0 Å². The molecular weight excluding hydrogens is 476 g/mol. The van der Waals surface area contributed by atoms with E-state index in [-0.39, 0.29) is 11.3 Å². The van der Waals surface area contributed by atoms with Gasteiger partial charge < -0.3 is 10.1 Å². The molecule has 1 aromatic heterocycles. The number of aromatic nitrogens is 2. The number of hydrogen-bond acceptors (Lipinski definition) is 5. The Hall–Kier alpha value is -3.95. The van der Waals surface area contributed by atoms with Crippen LogP contribution in [-0.2, 0) is 21.2 Å². The van der Waals surface area contributed by atoms with Gasteiger partial charge in [0.05, 0.1) is 18.2 Å². The standard InChI is InChI=1S/C27H28N4O4S/c1-19-8-12-23(13-9-19)36(33,34)31-25(15-10-20-6-4-3-5-7-20)27(32)30-22-11-14-24(26(16-22)35-2)21-17-28-29-18-21/h3-9,11-14,16-18,25,31H,10,15H2,1-2H3,(H,28,29)(H,30,32)/t25-/m1/s1. The van der Waals surface area contributed by atoms with Crippen molar-refractivity contribution in [2.24, 2.45) is 0 Å². The Morgan fingerprint density at radius 2 is 1.81 bits per heavy atom. The van der Waals surface area contributed by atoms with Gasteiger partial charge in [-0.1, -0.05) is 48.0 Å². The lowest BCUT2D eigenvalue weighted by atomic mass is 10.0. The van der Waals surface area contributed by atoms with E-state index in [4.69, 9.17) is 4.74 Å². The van der Waals surface area contributed by atoms with E-state index in [9.17, 15) is 13.2 Å². The summed E-state index contributed by atoms with van der Waals surface area (Å²) in [4.78, 5) is 13.4. The number of H-pyrrole nitrogens is 1. The maximum absolute atomic E-state index is 13.3. The largest absolute Gasteiger partial charge is 0.496 e. The normalized spacial score (nSPS) is 12.2. The van der Waals surface area contributed by atoms with Crippen molar-refractivity contribution < 1.29 is 17.9 Å². The zero-order valence-electron chi connectivity index (χ0n) is 20.1. The number of ether oxygens (including phenoxy) is 1. The summed E-state index contributed by atoms with van der Waals surface area (Å²) in [5, 5.41) is 9.57. The van der Waals surface area contributed by atoms with Crippen LogP contribution in [0.15, 0.2) is 90.1 Å². The smallest absolute Gasteiger partial charge is 0.242 e. The van der Waals surface area contributed by atoms with Crippen molar-refractivity contribution >= 4 is 21.6 Å². The third-order valence-electron chi connectivity index (χ3n) is 5.79. The highest BCUT2D eigenvalue weighted by atomic mass is 32.2. The number of amides is 1. The topological polar surface area (TPSA) is 113 Å². The first kappa shape index (κ1) is 25.2. The van der Waals surface area contributed by atoms with Gasteiger partial charge >= 0.3 is 0 Å². The number of hydrogen-bond donors (Lipinski definition) is 3. The summed E-state index contributed by atoms with van der Waals surface area (Å²) < 4.78 is 34.3. The van der Waals surface area contributed by atoms with E-state index >= 15 is 0 Å². The van der Waals surface area contributed by atoms with Gasteiger partial charge in [0.25, 0.3) is 0 Å². The zero-order chi connectivity index (χ0) is 25.5. The van der Waals surface area contributed by atoms with E-state index in [1.165, 1.54) is 12.1 Å². The first-order chi connectivity index (χ1) is 17.4. The number of aryl methyl sites for hydroxylation is 2. The molecular formula is C27H28N4O4S. The Kier molecular flexibility index (Phi) is 7.82. The molecule has 0 saturated heterocycles. The molecule has 4 aromatic rings. The summed E-state index contributed by atoms with van der Waals surface area (Å²) in [5.41, 5.74) is 4.10. The minimum atomic E-state index is -3.91. The van der Waals surface area contributed by atoms with Gasteiger partial charge in [-0.3, -0.25) is 9.89 Å². The molecule has 1 atom stereocenters. The molecule has 0 fully saturated rings. The van der Waals surface area contributed by atoms with Gasteiger partial charge in [-0.15, -0.1) is 0 Å². The van der Waals surface area contributed by atoms with Crippen molar-refractivity contribution in [3.05, 3.63) is 96.3 Å². The van der Waals surface area contributed by atoms with Gasteiger partial charge in [0, 0.05) is 29.1 Å². The second-order valence-corrected chi connectivity index (χ2v) is 10.1. The minimum Gasteiger partial charge on any atom is -0.496 e. The molecule has 1 amide bonds. The number of nitrogens with zero attached hydrogens (tertiary/aromatic N) is 1. The quantitative estimate of drug-likeness (QED) is 0.298. The molecule has 0 aliphatic carbocycles. The molecule has 0 unspecified atom stereocenters. The van der Waals surface area contributed by atoms with Crippen LogP contribution < -0.4 is 14.8 Å². The molecule has 0 bridgehead atoms. The molecule has 9 heteroatoms. The minimum absolute atomic E-state index is 0.108. The van der Waals surface area contributed by atoms with Gasteiger partial charge in [-0.2, -0.15) is 9.82 Å². The maximum Gasteiger partial charge on any atom is 0.242 e. The van der Waals surface area contributed by atoms with Crippen molar-refractivity contribution in [2.45, 2.75) is 30.7 Å². The summed E-state index contributed by atoms with van der Waals surface area (Å²) in [7, 11) is -2.37. The number of nitrogens with one attached hydrogen (secondary N) is 3. The van der Waals surface area contributed by atoms with E-state index in [0.29, 0.717) is 17.9 Å². The Balaban J connectivity index is 1.56. The number of carbonyl (C=O) groups excluding carboxylic acids is 1. The van der Waals surface area contributed by atoms with Crippen LogP contribution in [0.4, 0.5) is 5.69 Å². The number of aromatic amines is 1. The number of carbonyl (C=O) groups is 1. The summed E-state index contributed by atoms with van der Waals surface area (Å²) in [6.45, 7) is 1.88. The van der Waals surface area contributed by atoms with Gasteiger partial charge in [0.1, 0.15) is 11.8 Å². The fraction of sp³-hybridized carbons (Fsp3) is 0.185. The highest BCUT2D eigenvalue weighted by Gasteiger charge is 2.26. The zero-order valence-corrected chi connectivity index (χ0v) is 20.9. The Morgan fingerprint density at radius 1 is 1.06 bits per heavy atom. The van der Waals surface area contributed by atoms with E-state index in [0.717, 1.165) is 22.3 Å². The summed E-state index contributed by atoms with van der Waals surface area (Å²) in [6.07, 6.45) is 4.23. The summed E-state index contributed by atoms with van der Waals surface area (Å²) in [5.74, 6) is 0.0926. The van der Waals surface area contributed by atoms with Crippen LogP contribution in [0.5, 0.6) is 5.75 Å². The van der Waals surface area contributed by atoms with Crippen LogP contribution in [0.25, 0.3) is 11.1 Å². The molecule has 1 heterocycles. The molecule has 0 aliphatic heterocycles. The van der Waals surface area contributed by atoms with Crippen molar-refractivity contribution in [1.82, 2.24) is 14.9 Å². The van der Waals surface area contributed by atoms with Crippen molar-refractivity contribution in [3.63, 3.8) is 0 Å². The van der Waals surface area contributed by atoms with Gasteiger partial charge in [-0.05, 0) is 49.6 Å². The van der Waals surface area contributed by atoms with Crippen molar-refractivity contribution in [3.8, 4) is 16.9 Å². The van der Waals surface area contributed by atoms with Gasteiger partial charge in [0.2, 0.25) is 15.9 Å². The molecule has 8 nitrogen and oxygen atoms in total. The number of benzene rings is 3. The van der Waals surface area contributed by atoms with Crippen LogP contribution in [0.1, 0.15) is 17.5 Å². The average Bonchev–Trinajstić information content (AvgIpc) is 3.42. The van der Waals surface area contributed by atoms with Crippen LogP contribution in [0.2, 0.25) is 0 Å². The summed E-state index contributed by atoms with van der Waals surface area (Å²) in [6, 6.07) is 20.4. The lowest BCUT2D eigenvalue weighted by Crippen LogP contribution is -2.44.